The van der Waals surface area contributed by atoms with Gasteiger partial charge in [-0.3, -0.25) is 4.79 Å². The van der Waals surface area contributed by atoms with E-state index >= 15 is 0 Å². The van der Waals surface area contributed by atoms with Crippen molar-refractivity contribution in [2.24, 2.45) is 17.8 Å². The Kier molecular flexibility index (Phi) is 5.26. The van der Waals surface area contributed by atoms with Gasteiger partial charge < -0.3 is 10.2 Å². The van der Waals surface area contributed by atoms with Crippen LogP contribution in [-0.2, 0) is 4.79 Å². The van der Waals surface area contributed by atoms with Crippen molar-refractivity contribution in [3.05, 3.63) is 0 Å². The van der Waals surface area contributed by atoms with Gasteiger partial charge in [0.05, 0.1) is 5.92 Å². The third-order valence-corrected chi connectivity index (χ3v) is 3.20. The Morgan fingerprint density at radius 2 is 2.12 bits per heavy atom. The number of hydrogen-bond acceptors (Lipinski definition) is 2. The van der Waals surface area contributed by atoms with Crippen molar-refractivity contribution in [1.82, 2.24) is 10.2 Å². The Labute approximate surface area is 99.6 Å². The van der Waals surface area contributed by atoms with E-state index in [1.165, 1.54) is 0 Å². The molecule has 1 amide bonds. The molecule has 1 fully saturated rings. The zero-order valence-corrected chi connectivity index (χ0v) is 11.1. The van der Waals surface area contributed by atoms with Crippen molar-refractivity contribution < 1.29 is 4.79 Å². The maximum atomic E-state index is 12.3. The van der Waals surface area contributed by atoms with E-state index in [0.717, 1.165) is 32.6 Å². The number of hydrogen-bond donors (Lipinski definition) is 1. The van der Waals surface area contributed by atoms with Gasteiger partial charge in [0.2, 0.25) is 5.91 Å². The van der Waals surface area contributed by atoms with E-state index in [-0.39, 0.29) is 5.92 Å². The number of piperidine rings is 1. The van der Waals surface area contributed by atoms with E-state index < -0.39 is 0 Å². The molecule has 16 heavy (non-hydrogen) atoms. The highest BCUT2D eigenvalue weighted by Gasteiger charge is 2.28. The van der Waals surface area contributed by atoms with Crippen LogP contribution in [0.25, 0.3) is 0 Å². The zero-order valence-electron chi connectivity index (χ0n) is 11.1. The SMILES string of the molecule is CCN(CC(C)C)C(=O)C1CNCC(C)C1. The van der Waals surface area contributed by atoms with Crippen molar-refractivity contribution in [3.8, 4) is 0 Å². The first-order valence-electron chi connectivity index (χ1n) is 6.54. The summed E-state index contributed by atoms with van der Waals surface area (Å²) in [4.78, 5) is 14.3. The molecule has 0 bridgehead atoms. The number of rotatable bonds is 4. The van der Waals surface area contributed by atoms with Crippen molar-refractivity contribution >= 4 is 5.91 Å². The van der Waals surface area contributed by atoms with Crippen LogP contribution in [0.4, 0.5) is 0 Å². The molecule has 0 radical (unpaired) electrons. The maximum Gasteiger partial charge on any atom is 0.226 e. The first-order valence-corrected chi connectivity index (χ1v) is 6.54. The second kappa shape index (κ2) is 6.24. The van der Waals surface area contributed by atoms with Crippen molar-refractivity contribution in [1.29, 1.82) is 0 Å². The van der Waals surface area contributed by atoms with Crippen molar-refractivity contribution in [2.45, 2.75) is 34.1 Å². The summed E-state index contributed by atoms with van der Waals surface area (Å²) < 4.78 is 0. The maximum absolute atomic E-state index is 12.3. The van der Waals surface area contributed by atoms with E-state index in [4.69, 9.17) is 0 Å². The van der Waals surface area contributed by atoms with E-state index in [1.54, 1.807) is 0 Å². The highest BCUT2D eigenvalue weighted by molar-refractivity contribution is 5.79. The fourth-order valence-electron chi connectivity index (χ4n) is 2.42. The lowest BCUT2D eigenvalue weighted by atomic mass is 9.90. The molecule has 3 heteroatoms. The van der Waals surface area contributed by atoms with E-state index in [2.05, 4.69) is 33.0 Å². The average Bonchev–Trinajstić information content (AvgIpc) is 2.24. The Morgan fingerprint density at radius 3 is 2.62 bits per heavy atom. The summed E-state index contributed by atoms with van der Waals surface area (Å²) in [6, 6.07) is 0. The zero-order chi connectivity index (χ0) is 12.1. The lowest BCUT2D eigenvalue weighted by Gasteiger charge is -2.32. The molecule has 0 aromatic carbocycles. The largest absolute Gasteiger partial charge is 0.342 e. The number of nitrogens with one attached hydrogen (secondary N) is 1. The Morgan fingerprint density at radius 1 is 1.44 bits per heavy atom. The molecule has 1 heterocycles. The first kappa shape index (κ1) is 13.5. The molecule has 0 aliphatic carbocycles. The van der Waals surface area contributed by atoms with Crippen molar-refractivity contribution in [2.75, 3.05) is 26.2 Å². The molecule has 3 nitrogen and oxygen atoms in total. The van der Waals surface area contributed by atoms with Gasteiger partial charge >= 0.3 is 0 Å². The third kappa shape index (κ3) is 3.78. The molecule has 2 unspecified atom stereocenters. The molecule has 1 aliphatic rings. The second-order valence-electron chi connectivity index (χ2n) is 5.47. The van der Waals surface area contributed by atoms with Gasteiger partial charge in [-0.2, -0.15) is 0 Å². The molecular weight excluding hydrogens is 200 g/mol. The second-order valence-corrected chi connectivity index (χ2v) is 5.47. The van der Waals surface area contributed by atoms with Gasteiger partial charge in [-0.15, -0.1) is 0 Å². The fraction of sp³-hybridized carbons (Fsp3) is 0.923. The predicted molar refractivity (Wildman–Crippen MR) is 67.2 cm³/mol. The van der Waals surface area contributed by atoms with E-state index in [9.17, 15) is 4.79 Å². The molecule has 0 aromatic rings. The third-order valence-electron chi connectivity index (χ3n) is 3.20. The van der Waals surface area contributed by atoms with Gasteiger partial charge in [0.1, 0.15) is 0 Å². The number of carbonyl (C=O) groups excluding carboxylic acids is 1. The van der Waals surface area contributed by atoms with E-state index in [1.807, 2.05) is 4.90 Å². The van der Waals surface area contributed by atoms with E-state index in [0.29, 0.717) is 17.7 Å². The Balaban J connectivity index is 2.52. The van der Waals surface area contributed by atoms with Crippen LogP contribution in [0.1, 0.15) is 34.1 Å². The van der Waals surface area contributed by atoms with Crippen LogP contribution in [0.3, 0.4) is 0 Å². The molecule has 1 saturated heterocycles. The van der Waals surface area contributed by atoms with Gasteiger partial charge in [-0.1, -0.05) is 20.8 Å². The summed E-state index contributed by atoms with van der Waals surface area (Å²) in [5.74, 6) is 1.72. The van der Waals surface area contributed by atoms with Gasteiger partial charge in [0.15, 0.2) is 0 Å². The Bertz CT molecular complexity index is 222. The minimum absolute atomic E-state index is 0.197. The van der Waals surface area contributed by atoms with Crippen LogP contribution in [0.15, 0.2) is 0 Å². The molecule has 2 atom stereocenters. The molecule has 0 saturated carbocycles. The van der Waals surface area contributed by atoms with Gasteiger partial charge in [-0.25, -0.2) is 0 Å². The molecule has 94 valence electrons. The minimum Gasteiger partial charge on any atom is -0.342 e. The smallest absolute Gasteiger partial charge is 0.226 e. The Hall–Kier alpha value is -0.570. The highest BCUT2D eigenvalue weighted by Crippen LogP contribution is 2.18. The number of carbonyl (C=O) groups is 1. The fourth-order valence-corrected chi connectivity index (χ4v) is 2.42. The van der Waals surface area contributed by atoms with Crippen LogP contribution >= 0.6 is 0 Å². The topological polar surface area (TPSA) is 32.3 Å². The summed E-state index contributed by atoms with van der Waals surface area (Å²) in [7, 11) is 0. The van der Waals surface area contributed by atoms with Gasteiger partial charge in [0, 0.05) is 19.6 Å². The summed E-state index contributed by atoms with van der Waals surface area (Å²) >= 11 is 0. The summed E-state index contributed by atoms with van der Waals surface area (Å²) in [6.07, 6.45) is 1.04. The summed E-state index contributed by atoms with van der Waals surface area (Å²) in [5.41, 5.74) is 0. The highest BCUT2D eigenvalue weighted by atomic mass is 16.2. The van der Waals surface area contributed by atoms with Crippen LogP contribution in [-0.4, -0.2) is 37.0 Å². The number of nitrogens with zero attached hydrogens (tertiary/aromatic N) is 1. The van der Waals surface area contributed by atoms with Crippen LogP contribution in [0.5, 0.6) is 0 Å². The summed E-state index contributed by atoms with van der Waals surface area (Å²) in [6.45, 7) is 12.3. The standard InChI is InChI=1S/C13H26N2O/c1-5-15(9-10(2)3)13(16)12-6-11(4)7-14-8-12/h10-12,14H,5-9H2,1-4H3. The normalized spacial score (nSPS) is 25.8. The lowest BCUT2D eigenvalue weighted by molar-refractivity contribution is -0.136. The molecule has 1 N–H and O–H groups in total. The van der Waals surface area contributed by atoms with Crippen LogP contribution in [0.2, 0.25) is 0 Å². The molecule has 1 rings (SSSR count). The van der Waals surface area contributed by atoms with Crippen molar-refractivity contribution in [3.63, 3.8) is 0 Å². The average molecular weight is 226 g/mol. The van der Waals surface area contributed by atoms with Crippen LogP contribution in [0, 0.1) is 17.8 Å². The molecular formula is C13H26N2O. The van der Waals surface area contributed by atoms with Gasteiger partial charge in [0.25, 0.3) is 0 Å². The molecule has 1 aliphatic heterocycles. The quantitative estimate of drug-likeness (QED) is 0.792. The predicted octanol–water partition coefficient (Wildman–Crippen LogP) is 1.74. The molecule has 0 aromatic heterocycles. The first-order chi connectivity index (χ1) is 7.54. The minimum atomic E-state index is 0.197. The molecule has 0 spiro atoms. The summed E-state index contributed by atoms with van der Waals surface area (Å²) in [5, 5.41) is 3.35. The lowest BCUT2D eigenvalue weighted by Crippen LogP contribution is -2.46. The van der Waals surface area contributed by atoms with Gasteiger partial charge in [-0.05, 0) is 31.7 Å². The van der Waals surface area contributed by atoms with Crippen LogP contribution < -0.4 is 5.32 Å². The monoisotopic (exact) mass is 226 g/mol. The number of amides is 1.